The minimum Gasteiger partial charge on any atom is -0.481 e. The van der Waals surface area contributed by atoms with Crippen LogP contribution in [0.25, 0.3) is 0 Å². The van der Waals surface area contributed by atoms with E-state index in [9.17, 15) is 18.4 Å². The lowest BCUT2D eigenvalue weighted by Crippen LogP contribution is -2.36. The Hall–Kier alpha value is -1.40. The molecule has 0 spiro atoms. The zero-order valence-corrected chi connectivity index (χ0v) is 10.5. The number of carbonyl (C=O) groups is 2. The van der Waals surface area contributed by atoms with Crippen LogP contribution in [0.4, 0.5) is 13.6 Å². The molecule has 0 bridgehead atoms. The molecule has 0 radical (unpaired) electrons. The van der Waals surface area contributed by atoms with Crippen LogP contribution in [0.5, 0.6) is 0 Å². The lowest BCUT2D eigenvalue weighted by molar-refractivity contribution is -0.144. The Bertz CT molecular complexity index is 340. The molecule has 1 aliphatic rings. The number of carboxylic acids is 1. The molecule has 0 aromatic heterocycles. The summed E-state index contributed by atoms with van der Waals surface area (Å²) < 4.78 is 30.4. The highest BCUT2D eigenvalue weighted by atomic mass is 19.3. The third kappa shape index (κ3) is 3.54. The Balaban J connectivity index is 2.72. The van der Waals surface area contributed by atoms with Crippen molar-refractivity contribution in [1.29, 1.82) is 0 Å². The fraction of sp³-hybridized carbons (Fsp3) is 0.818. The minimum absolute atomic E-state index is 0.237. The van der Waals surface area contributed by atoms with Crippen molar-refractivity contribution in [2.75, 3.05) is 13.1 Å². The first kappa shape index (κ1) is 14.7. The van der Waals surface area contributed by atoms with Crippen molar-refractivity contribution in [3.05, 3.63) is 0 Å². The first-order valence-corrected chi connectivity index (χ1v) is 5.60. The van der Waals surface area contributed by atoms with E-state index >= 15 is 0 Å². The molecular weight excluding hydrogens is 248 g/mol. The van der Waals surface area contributed by atoms with Gasteiger partial charge in [-0.05, 0) is 20.8 Å². The molecule has 1 saturated heterocycles. The predicted molar refractivity (Wildman–Crippen MR) is 58.4 cm³/mol. The van der Waals surface area contributed by atoms with Crippen LogP contribution in [0.2, 0.25) is 0 Å². The van der Waals surface area contributed by atoms with E-state index in [-0.39, 0.29) is 13.1 Å². The quantitative estimate of drug-likeness (QED) is 0.827. The largest absolute Gasteiger partial charge is 0.481 e. The van der Waals surface area contributed by atoms with E-state index in [2.05, 4.69) is 0 Å². The summed E-state index contributed by atoms with van der Waals surface area (Å²) >= 11 is 0. The van der Waals surface area contributed by atoms with E-state index in [1.165, 1.54) is 0 Å². The smallest absolute Gasteiger partial charge is 0.410 e. The van der Waals surface area contributed by atoms with Gasteiger partial charge in [-0.25, -0.2) is 13.6 Å². The summed E-state index contributed by atoms with van der Waals surface area (Å²) in [5.74, 6) is -3.89. The topological polar surface area (TPSA) is 66.8 Å². The molecule has 1 aliphatic heterocycles. The molecular formula is C11H17F2NO4. The lowest BCUT2D eigenvalue weighted by atomic mass is 9.97. The Morgan fingerprint density at radius 3 is 2.22 bits per heavy atom. The van der Waals surface area contributed by atoms with Gasteiger partial charge in [0, 0.05) is 13.1 Å². The van der Waals surface area contributed by atoms with E-state index in [0.717, 1.165) is 4.90 Å². The van der Waals surface area contributed by atoms with Gasteiger partial charge in [0.25, 0.3) is 0 Å². The molecule has 0 unspecified atom stereocenters. The van der Waals surface area contributed by atoms with Gasteiger partial charge in [0.2, 0.25) is 6.43 Å². The number of likely N-dealkylation sites (tertiary alicyclic amines) is 1. The zero-order valence-electron chi connectivity index (χ0n) is 10.5. The molecule has 18 heavy (non-hydrogen) atoms. The minimum atomic E-state index is -2.77. The monoisotopic (exact) mass is 265 g/mol. The fourth-order valence-electron chi connectivity index (χ4n) is 1.82. The van der Waals surface area contributed by atoms with E-state index < -0.39 is 35.9 Å². The number of nitrogens with zero attached hydrogens (tertiary/aromatic N) is 1. The average Bonchev–Trinajstić information content (AvgIpc) is 2.58. The van der Waals surface area contributed by atoms with Crippen LogP contribution < -0.4 is 0 Å². The van der Waals surface area contributed by atoms with Gasteiger partial charge in [0.05, 0.1) is 11.8 Å². The Morgan fingerprint density at radius 1 is 1.33 bits per heavy atom. The standard InChI is InChI=1S/C11H17F2NO4/c1-11(2,3)18-10(17)14-4-6(8(12)13)7(5-14)9(15)16/h6-8H,4-5H2,1-3H3,(H,15,16)/t6-,7-/m0/s1. The highest BCUT2D eigenvalue weighted by Crippen LogP contribution is 2.30. The van der Waals surface area contributed by atoms with Gasteiger partial charge in [0.1, 0.15) is 5.60 Å². The Morgan fingerprint density at radius 2 is 1.89 bits per heavy atom. The van der Waals surface area contributed by atoms with Gasteiger partial charge >= 0.3 is 12.1 Å². The van der Waals surface area contributed by atoms with Crippen molar-refractivity contribution in [3.63, 3.8) is 0 Å². The summed E-state index contributed by atoms with van der Waals surface area (Å²) in [4.78, 5) is 23.5. The van der Waals surface area contributed by atoms with Gasteiger partial charge < -0.3 is 14.7 Å². The zero-order chi connectivity index (χ0) is 14.1. The number of carbonyl (C=O) groups excluding carboxylic acids is 1. The summed E-state index contributed by atoms with van der Waals surface area (Å²) in [5, 5.41) is 8.85. The molecule has 1 heterocycles. The second kappa shape index (κ2) is 5.07. The SMILES string of the molecule is CC(C)(C)OC(=O)N1C[C@H](C(=O)O)[C@@H](C(F)F)C1. The number of carboxylic acid groups (broad SMARTS) is 1. The fourth-order valence-corrected chi connectivity index (χ4v) is 1.82. The molecule has 104 valence electrons. The van der Waals surface area contributed by atoms with Crippen LogP contribution in [-0.2, 0) is 9.53 Å². The third-order valence-corrected chi connectivity index (χ3v) is 2.66. The number of hydrogen-bond donors (Lipinski definition) is 1. The molecule has 7 heteroatoms. The lowest BCUT2D eigenvalue weighted by Gasteiger charge is -2.24. The Labute approximate surface area is 104 Å². The van der Waals surface area contributed by atoms with Crippen LogP contribution in [0.15, 0.2) is 0 Å². The number of hydrogen-bond acceptors (Lipinski definition) is 3. The van der Waals surface area contributed by atoms with Gasteiger partial charge in [-0.3, -0.25) is 4.79 Å². The molecule has 1 N–H and O–H groups in total. The van der Waals surface area contributed by atoms with Crippen LogP contribution >= 0.6 is 0 Å². The highest BCUT2D eigenvalue weighted by Gasteiger charge is 2.45. The summed E-state index contributed by atoms with van der Waals surface area (Å²) in [6.07, 6.45) is -3.52. The van der Waals surface area contributed by atoms with E-state index in [1.54, 1.807) is 20.8 Å². The number of rotatable bonds is 2. The van der Waals surface area contributed by atoms with Crippen LogP contribution in [0, 0.1) is 11.8 Å². The number of aliphatic carboxylic acids is 1. The summed E-state index contributed by atoms with van der Waals surface area (Å²) in [5.41, 5.74) is -0.737. The normalized spacial score (nSPS) is 24.4. The first-order chi connectivity index (χ1) is 8.11. The van der Waals surface area contributed by atoms with E-state index in [4.69, 9.17) is 9.84 Å². The third-order valence-electron chi connectivity index (χ3n) is 2.66. The molecule has 1 fully saturated rings. The van der Waals surface area contributed by atoms with Crippen LogP contribution in [0.3, 0.4) is 0 Å². The van der Waals surface area contributed by atoms with Gasteiger partial charge in [-0.15, -0.1) is 0 Å². The van der Waals surface area contributed by atoms with Crippen molar-refractivity contribution in [3.8, 4) is 0 Å². The summed E-state index contributed by atoms with van der Waals surface area (Å²) in [6, 6.07) is 0. The molecule has 2 atom stereocenters. The van der Waals surface area contributed by atoms with Crippen molar-refractivity contribution in [2.45, 2.75) is 32.8 Å². The predicted octanol–water partition coefficient (Wildman–Crippen LogP) is 1.82. The summed E-state index contributed by atoms with van der Waals surface area (Å²) in [7, 11) is 0. The first-order valence-electron chi connectivity index (χ1n) is 5.60. The molecule has 0 aliphatic carbocycles. The molecule has 1 rings (SSSR count). The van der Waals surface area contributed by atoms with Crippen LogP contribution in [0.1, 0.15) is 20.8 Å². The number of ether oxygens (including phenoxy) is 1. The van der Waals surface area contributed by atoms with Gasteiger partial charge in [0.15, 0.2) is 0 Å². The molecule has 1 amide bonds. The van der Waals surface area contributed by atoms with E-state index in [0.29, 0.717) is 0 Å². The number of halogens is 2. The van der Waals surface area contributed by atoms with Crippen LogP contribution in [-0.4, -0.2) is 47.2 Å². The Kier molecular flexibility index (Phi) is 4.13. The van der Waals surface area contributed by atoms with Crippen molar-refractivity contribution >= 4 is 12.1 Å². The van der Waals surface area contributed by atoms with Crippen molar-refractivity contribution in [2.24, 2.45) is 11.8 Å². The molecule has 0 aromatic carbocycles. The second-order valence-electron chi connectivity index (χ2n) is 5.33. The second-order valence-corrected chi connectivity index (χ2v) is 5.33. The maximum absolute atomic E-state index is 12.7. The highest BCUT2D eigenvalue weighted by molar-refractivity contribution is 5.74. The maximum Gasteiger partial charge on any atom is 0.410 e. The molecule has 0 aromatic rings. The van der Waals surface area contributed by atoms with Crippen molar-refractivity contribution < 1.29 is 28.2 Å². The van der Waals surface area contributed by atoms with Gasteiger partial charge in [-0.1, -0.05) is 0 Å². The molecule has 0 saturated carbocycles. The van der Waals surface area contributed by atoms with Crippen molar-refractivity contribution in [1.82, 2.24) is 4.90 Å². The maximum atomic E-state index is 12.7. The number of alkyl halides is 2. The molecule has 5 nitrogen and oxygen atoms in total. The number of amides is 1. The summed E-state index contributed by atoms with van der Waals surface area (Å²) in [6.45, 7) is 4.43. The van der Waals surface area contributed by atoms with E-state index in [1.807, 2.05) is 0 Å². The average molecular weight is 265 g/mol. The van der Waals surface area contributed by atoms with Gasteiger partial charge in [-0.2, -0.15) is 0 Å².